The van der Waals surface area contributed by atoms with E-state index in [0.717, 1.165) is 58.1 Å². The van der Waals surface area contributed by atoms with Gasteiger partial charge in [0.1, 0.15) is 0 Å². The summed E-state index contributed by atoms with van der Waals surface area (Å²) >= 11 is 0. The molecule has 1 unspecified atom stereocenters. The number of likely N-dealkylation sites (tertiary alicyclic amines) is 2. The number of piperidine rings is 2. The Labute approximate surface area is 190 Å². The number of rotatable bonds is 6. The van der Waals surface area contributed by atoms with Crippen LogP contribution in [0.15, 0.2) is 4.99 Å². The zero-order valence-corrected chi connectivity index (χ0v) is 20.0. The fourth-order valence-corrected chi connectivity index (χ4v) is 6.18. The number of hydrogen-bond donors (Lipinski definition) is 1. The largest absolute Gasteiger partial charge is 0.376 e. The van der Waals surface area contributed by atoms with Crippen molar-refractivity contribution in [2.45, 2.75) is 101 Å². The Morgan fingerprint density at radius 1 is 0.935 bits per heavy atom. The van der Waals surface area contributed by atoms with E-state index in [9.17, 15) is 0 Å². The van der Waals surface area contributed by atoms with Gasteiger partial charge in [-0.2, -0.15) is 0 Å². The maximum absolute atomic E-state index is 6.22. The van der Waals surface area contributed by atoms with Gasteiger partial charge < -0.3 is 19.7 Å². The van der Waals surface area contributed by atoms with Gasteiger partial charge in [-0.25, -0.2) is 0 Å². The van der Waals surface area contributed by atoms with Crippen LogP contribution in [0, 0.1) is 0 Å². The molecular weight excluding hydrogens is 388 g/mol. The van der Waals surface area contributed by atoms with Crippen LogP contribution in [0.1, 0.15) is 83.5 Å². The molecule has 0 aromatic heterocycles. The Morgan fingerprint density at radius 2 is 1.68 bits per heavy atom. The van der Waals surface area contributed by atoms with Crippen molar-refractivity contribution >= 4 is 5.96 Å². The van der Waals surface area contributed by atoms with E-state index in [0.29, 0.717) is 17.7 Å². The molecule has 0 aromatic rings. The number of hydrogen-bond acceptors (Lipinski definition) is 4. The van der Waals surface area contributed by atoms with Crippen LogP contribution in [-0.2, 0) is 9.47 Å². The highest BCUT2D eigenvalue weighted by atomic mass is 16.5. The molecule has 178 valence electrons. The molecule has 1 saturated carbocycles. The summed E-state index contributed by atoms with van der Waals surface area (Å²) < 4.78 is 12.0. The molecule has 0 spiro atoms. The molecule has 1 atom stereocenters. The van der Waals surface area contributed by atoms with Gasteiger partial charge in [0.15, 0.2) is 5.96 Å². The van der Waals surface area contributed by atoms with E-state index >= 15 is 0 Å². The lowest BCUT2D eigenvalue weighted by Gasteiger charge is -2.49. The number of nitrogens with zero attached hydrogens (tertiary/aromatic N) is 3. The normalized spacial score (nSPS) is 29.1. The second kappa shape index (κ2) is 11.9. The maximum Gasteiger partial charge on any atom is 0.193 e. The molecule has 1 N–H and O–H groups in total. The summed E-state index contributed by atoms with van der Waals surface area (Å²) in [7, 11) is 1.94. The first-order valence-electron chi connectivity index (χ1n) is 13.2. The summed E-state index contributed by atoms with van der Waals surface area (Å²) in [5, 5.41) is 3.82. The second-order valence-electron chi connectivity index (χ2n) is 10.2. The van der Waals surface area contributed by atoms with Crippen molar-refractivity contribution in [1.82, 2.24) is 15.1 Å². The average molecular weight is 435 g/mol. The summed E-state index contributed by atoms with van der Waals surface area (Å²) in [6.07, 6.45) is 17.5. The standard InChI is InChI=1S/C25H46N4O2/c1-26-24(27-21-25(13-5-2-6-14-25)29-15-7-3-8-16-29)28-17-11-22(12-18-28)31-20-23-10-4-9-19-30-23/h22-23H,2-21H2,1H3,(H,26,27). The van der Waals surface area contributed by atoms with Crippen molar-refractivity contribution in [3.8, 4) is 0 Å². The first-order chi connectivity index (χ1) is 15.3. The SMILES string of the molecule is CN=C(NCC1(N2CCCCC2)CCCCC1)N1CCC(OCC2CCCCO2)CC1. The van der Waals surface area contributed by atoms with Crippen LogP contribution in [0.2, 0.25) is 0 Å². The molecule has 31 heavy (non-hydrogen) atoms. The Hall–Kier alpha value is -0.850. The van der Waals surface area contributed by atoms with Crippen LogP contribution < -0.4 is 5.32 Å². The van der Waals surface area contributed by atoms with Crippen molar-refractivity contribution in [3.63, 3.8) is 0 Å². The van der Waals surface area contributed by atoms with Gasteiger partial charge in [0, 0.05) is 38.8 Å². The molecule has 6 heteroatoms. The maximum atomic E-state index is 6.22. The molecular formula is C25H46N4O2. The molecule has 4 rings (SSSR count). The molecule has 0 amide bonds. The zero-order chi connectivity index (χ0) is 21.4. The van der Waals surface area contributed by atoms with Gasteiger partial charge in [-0.15, -0.1) is 0 Å². The third-order valence-electron chi connectivity index (χ3n) is 8.13. The topological polar surface area (TPSA) is 49.3 Å². The van der Waals surface area contributed by atoms with Crippen molar-refractivity contribution in [3.05, 3.63) is 0 Å². The van der Waals surface area contributed by atoms with Crippen LogP contribution in [0.3, 0.4) is 0 Å². The quantitative estimate of drug-likeness (QED) is 0.509. The van der Waals surface area contributed by atoms with Crippen molar-refractivity contribution in [1.29, 1.82) is 0 Å². The number of ether oxygens (including phenoxy) is 2. The lowest BCUT2D eigenvalue weighted by Crippen LogP contribution is -2.59. The minimum atomic E-state index is 0.322. The van der Waals surface area contributed by atoms with Crippen LogP contribution in [0.5, 0.6) is 0 Å². The monoisotopic (exact) mass is 434 g/mol. The predicted molar refractivity (Wildman–Crippen MR) is 127 cm³/mol. The van der Waals surface area contributed by atoms with Gasteiger partial charge in [0.2, 0.25) is 0 Å². The van der Waals surface area contributed by atoms with Gasteiger partial charge in [-0.3, -0.25) is 9.89 Å². The van der Waals surface area contributed by atoms with Crippen molar-refractivity contribution < 1.29 is 9.47 Å². The number of aliphatic imine (C=N–C) groups is 1. The highest BCUT2D eigenvalue weighted by Gasteiger charge is 2.38. The number of nitrogens with one attached hydrogen (secondary N) is 1. The highest BCUT2D eigenvalue weighted by Crippen LogP contribution is 2.35. The van der Waals surface area contributed by atoms with Crippen molar-refractivity contribution in [2.75, 3.05) is 53.0 Å². The molecule has 4 aliphatic rings. The molecule has 1 aliphatic carbocycles. The molecule has 3 saturated heterocycles. The Morgan fingerprint density at radius 3 is 2.35 bits per heavy atom. The van der Waals surface area contributed by atoms with Gasteiger partial charge >= 0.3 is 0 Å². The summed E-state index contributed by atoms with van der Waals surface area (Å²) in [5.74, 6) is 1.09. The summed E-state index contributed by atoms with van der Waals surface area (Å²) in [4.78, 5) is 9.94. The van der Waals surface area contributed by atoms with Crippen LogP contribution in [0.4, 0.5) is 0 Å². The van der Waals surface area contributed by atoms with E-state index in [2.05, 4.69) is 20.1 Å². The molecule has 3 aliphatic heterocycles. The third-order valence-corrected chi connectivity index (χ3v) is 8.13. The Kier molecular flexibility index (Phi) is 8.91. The van der Waals surface area contributed by atoms with Gasteiger partial charge in [0.25, 0.3) is 0 Å². The first kappa shape index (κ1) is 23.3. The van der Waals surface area contributed by atoms with Gasteiger partial charge in [-0.1, -0.05) is 25.7 Å². The fourth-order valence-electron chi connectivity index (χ4n) is 6.18. The van der Waals surface area contributed by atoms with Gasteiger partial charge in [-0.05, 0) is 70.9 Å². The summed E-state index contributed by atoms with van der Waals surface area (Å²) in [5.41, 5.74) is 0.343. The summed E-state index contributed by atoms with van der Waals surface area (Å²) in [6.45, 7) is 7.37. The van der Waals surface area contributed by atoms with Gasteiger partial charge in [0.05, 0.1) is 18.8 Å². The van der Waals surface area contributed by atoms with Crippen LogP contribution in [-0.4, -0.2) is 86.5 Å². The van der Waals surface area contributed by atoms with E-state index in [4.69, 9.17) is 9.47 Å². The molecule has 4 fully saturated rings. The fraction of sp³-hybridized carbons (Fsp3) is 0.960. The third kappa shape index (κ3) is 6.35. The van der Waals surface area contributed by atoms with Crippen LogP contribution >= 0.6 is 0 Å². The molecule has 0 bridgehead atoms. The molecule has 6 nitrogen and oxygen atoms in total. The van der Waals surface area contributed by atoms with E-state index in [-0.39, 0.29) is 0 Å². The van der Waals surface area contributed by atoms with E-state index in [1.807, 2.05) is 7.05 Å². The molecule has 0 radical (unpaired) electrons. The molecule has 3 heterocycles. The smallest absolute Gasteiger partial charge is 0.193 e. The van der Waals surface area contributed by atoms with E-state index < -0.39 is 0 Å². The lowest BCUT2D eigenvalue weighted by molar-refractivity contribution is -0.0721. The average Bonchev–Trinajstić information content (AvgIpc) is 2.85. The lowest BCUT2D eigenvalue weighted by atomic mass is 9.79. The minimum Gasteiger partial charge on any atom is -0.376 e. The second-order valence-corrected chi connectivity index (χ2v) is 10.2. The zero-order valence-electron chi connectivity index (χ0n) is 20.0. The first-order valence-corrected chi connectivity index (χ1v) is 13.2. The number of guanidine groups is 1. The minimum absolute atomic E-state index is 0.322. The van der Waals surface area contributed by atoms with E-state index in [1.54, 1.807) is 0 Å². The predicted octanol–water partition coefficient (Wildman–Crippen LogP) is 3.80. The van der Waals surface area contributed by atoms with E-state index in [1.165, 1.54) is 77.3 Å². The summed E-state index contributed by atoms with van der Waals surface area (Å²) in [6, 6.07) is 0. The van der Waals surface area contributed by atoms with Crippen LogP contribution in [0.25, 0.3) is 0 Å². The Balaban J connectivity index is 1.24. The Bertz CT molecular complexity index is 544. The highest BCUT2D eigenvalue weighted by molar-refractivity contribution is 5.80. The molecule has 0 aromatic carbocycles. The van der Waals surface area contributed by atoms with Crippen molar-refractivity contribution in [2.24, 2.45) is 4.99 Å².